The number of carbonyl (C=O) groups is 1. The molecule has 2 aromatic rings. The van der Waals surface area contributed by atoms with Crippen LogP contribution in [-0.4, -0.2) is 15.6 Å². The van der Waals surface area contributed by atoms with Gasteiger partial charge < -0.3 is 0 Å². The number of aromatic nitrogens is 2. The molecule has 1 aromatic carbocycles. The Bertz CT molecular complexity index is 614. The zero-order chi connectivity index (χ0) is 12.7. The van der Waals surface area contributed by atoms with Crippen molar-refractivity contribution in [3.8, 4) is 5.69 Å². The highest BCUT2D eigenvalue weighted by molar-refractivity contribution is 6.34. The molecule has 0 aliphatic heterocycles. The first-order chi connectivity index (χ1) is 8.65. The minimum absolute atomic E-state index is 0.0225. The summed E-state index contributed by atoms with van der Waals surface area (Å²) in [6, 6.07) is 7.44. The van der Waals surface area contributed by atoms with E-state index in [2.05, 4.69) is 5.10 Å². The Hall–Kier alpha value is -1.61. The molecule has 0 bridgehead atoms. The topological polar surface area (TPSA) is 34.9 Å². The number of Topliss-reactive ketones (excluding diaryl/α,β-unsaturated/α-hetero) is 1. The van der Waals surface area contributed by atoms with Crippen molar-refractivity contribution in [2.24, 2.45) is 0 Å². The van der Waals surface area contributed by atoms with Crippen LogP contribution in [0, 0.1) is 0 Å². The van der Waals surface area contributed by atoms with E-state index < -0.39 is 0 Å². The molecule has 92 valence electrons. The predicted octanol–water partition coefficient (Wildman–Crippen LogP) is 3.61. The fourth-order valence-electron chi connectivity index (χ4n) is 2.01. The van der Waals surface area contributed by atoms with Gasteiger partial charge in [0.05, 0.1) is 16.4 Å². The second-order valence-corrected chi connectivity index (χ2v) is 5.09. The van der Waals surface area contributed by atoms with Crippen LogP contribution in [0.25, 0.3) is 5.69 Å². The molecule has 1 aliphatic carbocycles. The third kappa shape index (κ3) is 2.06. The first kappa shape index (κ1) is 11.5. The smallest absolute Gasteiger partial charge is 0.161 e. The third-order valence-corrected chi connectivity index (χ3v) is 3.51. The number of benzene rings is 1. The highest BCUT2D eigenvalue weighted by Gasteiger charge is 2.25. The quantitative estimate of drug-likeness (QED) is 0.791. The minimum atomic E-state index is -0.0225. The van der Waals surface area contributed by atoms with E-state index in [1.54, 1.807) is 12.1 Å². The van der Waals surface area contributed by atoms with Crippen LogP contribution < -0.4 is 0 Å². The highest BCUT2D eigenvalue weighted by Crippen LogP contribution is 2.39. The van der Waals surface area contributed by atoms with Crippen LogP contribution in [0.2, 0.25) is 5.02 Å². The molecule has 1 aliphatic rings. The molecule has 0 radical (unpaired) electrons. The van der Waals surface area contributed by atoms with Crippen LogP contribution in [0.15, 0.2) is 30.5 Å². The van der Waals surface area contributed by atoms with Crippen molar-refractivity contribution < 1.29 is 4.79 Å². The summed E-state index contributed by atoms with van der Waals surface area (Å²) in [6.45, 7) is 1.51. The van der Waals surface area contributed by atoms with Crippen molar-refractivity contribution in [1.82, 2.24) is 9.78 Å². The summed E-state index contributed by atoms with van der Waals surface area (Å²) in [5.41, 5.74) is 2.58. The lowest BCUT2D eigenvalue weighted by molar-refractivity contribution is 0.101. The Morgan fingerprint density at radius 1 is 1.39 bits per heavy atom. The molecule has 0 amide bonds. The molecule has 1 saturated carbocycles. The van der Waals surface area contributed by atoms with E-state index in [1.807, 2.05) is 23.0 Å². The number of carbonyl (C=O) groups excluding carboxylic acids is 1. The average molecular weight is 261 g/mol. The zero-order valence-electron chi connectivity index (χ0n) is 10.1. The average Bonchev–Trinajstić information content (AvgIpc) is 3.06. The second kappa shape index (κ2) is 4.25. The Morgan fingerprint density at radius 2 is 2.17 bits per heavy atom. The minimum Gasteiger partial charge on any atom is -0.294 e. The van der Waals surface area contributed by atoms with E-state index in [0.717, 1.165) is 11.4 Å². The standard InChI is InChI=1S/C14H13ClN2O/c1-9(18)12-5-4-11(8-13(12)15)17-7-6-14(16-17)10-2-3-10/h4-8,10H,2-3H2,1H3. The molecule has 3 nitrogen and oxygen atoms in total. The molecule has 0 N–H and O–H groups in total. The molecule has 0 spiro atoms. The highest BCUT2D eigenvalue weighted by atomic mass is 35.5. The maximum absolute atomic E-state index is 11.3. The number of hydrogen-bond acceptors (Lipinski definition) is 2. The van der Waals surface area contributed by atoms with Gasteiger partial charge in [-0.05, 0) is 44.0 Å². The maximum Gasteiger partial charge on any atom is 0.161 e. The monoisotopic (exact) mass is 260 g/mol. The van der Waals surface area contributed by atoms with Crippen LogP contribution in [0.5, 0.6) is 0 Å². The lowest BCUT2D eigenvalue weighted by atomic mass is 10.1. The molecule has 3 rings (SSSR count). The summed E-state index contributed by atoms with van der Waals surface area (Å²) < 4.78 is 1.81. The molecule has 0 atom stereocenters. The first-order valence-corrected chi connectivity index (χ1v) is 6.39. The molecule has 1 heterocycles. The van der Waals surface area contributed by atoms with Gasteiger partial charge in [0.15, 0.2) is 5.78 Å². The molecular formula is C14H13ClN2O. The summed E-state index contributed by atoms with van der Waals surface area (Å²) >= 11 is 6.09. The molecule has 0 unspecified atom stereocenters. The van der Waals surface area contributed by atoms with Gasteiger partial charge in [0.25, 0.3) is 0 Å². The van der Waals surface area contributed by atoms with Crippen molar-refractivity contribution in [2.75, 3.05) is 0 Å². The summed E-state index contributed by atoms with van der Waals surface area (Å²) in [5, 5.41) is 5.01. The summed E-state index contributed by atoms with van der Waals surface area (Å²) in [5.74, 6) is 0.615. The molecule has 4 heteroatoms. The van der Waals surface area contributed by atoms with Gasteiger partial charge in [0.1, 0.15) is 0 Å². The van der Waals surface area contributed by atoms with Crippen LogP contribution in [-0.2, 0) is 0 Å². The van der Waals surface area contributed by atoms with Gasteiger partial charge in [-0.25, -0.2) is 4.68 Å². The number of hydrogen-bond donors (Lipinski definition) is 0. The van der Waals surface area contributed by atoms with E-state index in [-0.39, 0.29) is 5.78 Å². The molecule has 0 saturated heterocycles. The Labute approximate surface area is 110 Å². The maximum atomic E-state index is 11.3. The van der Waals surface area contributed by atoms with Crippen LogP contribution in [0.1, 0.15) is 41.7 Å². The fourth-order valence-corrected chi connectivity index (χ4v) is 2.32. The van der Waals surface area contributed by atoms with Gasteiger partial charge in [-0.1, -0.05) is 11.6 Å². The number of nitrogens with zero attached hydrogens (tertiary/aromatic N) is 2. The van der Waals surface area contributed by atoms with E-state index in [4.69, 9.17) is 11.6 Å². The van der Waals surface area contributed by atoms with Gasteiger partial charge in [-0.3, -0.25) is 4.79 Å². The lowest BCUT2D eigenvalue weighted by Gasteiger charge is -2.05. The molecule has 1 fully saturated rings. The van der Waals surface area contributed by atoms with Gasteiger partial charge in [-0.2, -0.15) is 5.10 Å². The number of halogens is 1. The van der Waals surface area contributed by atoms with Crippen molar-refractivity contribution in [1.29, 1.82) is 0 Å². The number of ketones is 1. The van der Waals surface area contributed by atoms with E-state index in [0.29, 0.717) is 16.5 Å². The van der Waals surface area contributed by atoms with Crippen molar-refractivity contribution in [2.45, 2.75) is 25.7 Å². The second-order valence-electron chi connectivity index (χ2n) is 4.68. The Balaban J connectivity index is 1.95. The molecular weight excluding hydrogens is 248 g/mol. The van der Waals surface area contributed by atoms with Gasteiger partial charge >= 0.3 is 0 Å². The predicted molar refractivity (Wildman–Crippen MR) is 70.6 cm³/mol. The summed E-state index contributed by atoms with van der Waals surface area (Å²) in [6.07, 6.45) is 4.41. The van der Waals surface area contributed by atoms with E-state index in [1.165, 1.54) is 19.8 Å². The van der Waals surface area contributed by atoms with Gasteiger partial charge in [0, 0.05) is 17.7 Å². The fraction of sp³-hybridized carbons (Fsp3) is 0.286. The normalized spacial score (nSPS) is 14.8. The van der Waals surface area contributed by atoms with Gasteiger partial charge in [0.2, 0.25) is 0 Å². The van der Waals surface area contributed by atoms with E-state index in [9.17, 15) is 4.79 Å². The zero-order valence-corrected chi connectivity index (χ0v) is 10.8. The van der Waals surface area contributed by atoms with E-state index >= 15 is 0 Å². The summed E-state index contributed by atoms with van der Waals surface area (Å²) in [7, 11) is 0. The molecule has 1 aromatic heterocycles. The molecule has 18 heavy (non-hydrogen) atoms. The number of rotatable bonds is 3. The first-order valence-electron chi connectivity index (χ1n) is 6.01. The van der Waals surface area contributed by atoms with Crippen LogP contribution in [0.4, 0.5) is 0 Å². The Morgan fingerprint density at radius 3 is 2.78 bits per heavy atom. The van der Waals surface area contributed by atoms with Gasteiger partial charge in [-0.15, -0.1) is 0 Å². The largest absolute Gasteiger partial charge is 0.294 e. The summed E-state index contributed by atoms with van der Waals surface area (Å²) in [4.78, 5) is 11.3. The lowest BCUT2D eigenvalue weighted by Crippen LogP contribution is -1.99. The van der Waals surface area contributed by atoms with Crippen molar-refractivity contribution in [3.63, 3.8) is 0 Å². The Kier molecular flexibility index (Phi) is 2.71. The van der Waals surface area contributed by atoms with Crippen molar-refractivity contribution in [3.05, 3.63) is 46.7 Å². The SMILES string of the molecule is CC(=O)c1ccc(-n2ccc(C3CC3)n2)cc1Cl. The van der Waals surface area contributed by atoms with Crippen molar-refractivity contribution >= 4 is 17.4 Å². The third-order valence-electron chi connectivity index (χ3n) is 3.20. The van der Waals surface area contributed by atoms with Crippen LogP contribution in [0.3, 0.4) is 0 Å². The van der Waals surface area contributed by atoms with Crippen LogP contribution >= 0.6 is 11.6 Å².